The van der Waals surface area contributed by atoms with Gasteiger partial charge in [-0.2, -0.15) is 0 Å². The van der Waals surface area contributed by atoms with Gasteiger partial charge >= 0.3 is 0 Å². The van der Waals surface area contributed by atoms with E-state index >= 15 is 0 Å². The summed E-state index contributed by atoms with van der Waals surface area (Å²) >= 11 is 0. The van der Waals surface area contributed by atoms with Gasteiger partial charge in [-0.25, -0.2) is 4.98 Å². The SMILES string of the molecule is COc1ccccc1NC(=O)c1cccc(C(=O)Nc2cccc(C)c2C)n1. The van der Waals surface area contributed by atoms with Gasteiger partial charge < -0.3 is 15.4 Å². The van der Waals surface area contributed by atoms with Gasteiger partial charge in [0.05, 0.1) is 12.8 Å². The van der Waals surface area contributed by atoms with Crippen molar-refractivity contribution in [1.82, 2.24) is 4.98 Å². The van der Waals surface area contributed by atoms with E-state index in [0.29, 0.717) is 11.4 Å². The second-order valence-corrected chi connectivity index (χ2v) is 6.26. The van der Waals surface area contributed by atoms with Crippen molar-refractivity contribution in [3.8, 4) is 5.75 Å². The lowest BCUT2D eigenvalue weighted by Crippen LogP contribution is -2.19. The highest BCUT2D eigenvalue weighted by atomic mass is 16.5. The number of para-hydroxylation sites is 2. The zero-order valence-electron chi connectivity index (χ0n) is 15.9. The minimum absolute atomic E-state index is 0.138. The maximum Gasteiger partial charge on any atom is 0.274 e. The van der Waals surface area contributed by atoms with Crippen LogP contribution in [0.1, 0.15) is 32.1 Å². The standard InChI is InChI=1S/C22H21N3O3/c1-14-8-6-10-16(15(14)2)24-21(26)18-11-7-12-19(23-18)22(27)25-17-9-4-5-13-20(17)28-3/h4-13H,1-3H3,(H,24,26)(H,25,27). The van der Waals surface area contributed by atoms with Crippen LogP contribution in [0.2, 0.25) is 0 Å². The molecule has 1 heterocycles. The largest absolute Gasteiger partial charge is 0.495 e. The number of pyridine rings is 1. The molecule has 0 aliphatic heterocycles. The molecule has 0 bridgehead atoms. The van der Waals surface area contributed by atoms with E-state index in [1.165, 1.54) is 7.11 Å². The Morgan fingerprint density at radius 2 is 1.36 bits per heavy atom. The summed E-state index contributed by atoms with van der Waals surface area (Å²) in [6, 6.07) is 17.5. The molecule has 3 rings (SSSR count). The highest BCUT2D eigenvalue weighted by Crippen LogP contribution is 2.23. The average Bonchev–Trinajstić information content (AvgIpc) is 2.72. The summed E-state index contributed by atoms with van der Waals surface area (Å²) in [6.45, 7) is 3.92. The lowest BCUT2D eigenvalue weighted by atomic mass is 10.1. The lowest BCUT2D eigenvalue weighted by molar-refractivity contribution is 0.101. The summed E-state index contributed by atoms with van der Waals surface area (Å²) in [6.07, 6.45) is 0. The number of ether oxygens (including phenoxy) is 1. The molecule has 0 aliphatic rings. The number of aromatic nitrogens is 1. The van der Waals surface area contributed by atoms with E-state index in [2.05, 4.69) is 15.6 Å². The fourth-order valence-electron chi connectivity index (χ4n) is 2.69. The van der Waals surface area contributed by atoms with Gasteiger partial charge in [-0.05, 0) is 55.3 Å². The zero-order chi connectivity index (χ0) is 20.1. The first-order valence-corrected chi connectivity index (χ1v) is 8.78. The molecule has 3 aromatic rings. The topological polar surface area (TPSA) is 80.3 Å². The van der Waals surface area contributed by atoms with Crippen LogP contribution in [0.4, 0.5) is 11.4 Å². The summed E-state index contributed by atoms with van der Waals surface area (Å²) in [5.74, 6) is -0.258. The van der Waals surface area contributed by atoms with E-state index in [4.69, 9.17) is 4.74 Å². The summed E-state index contributed by atoms with van der Waals surface area (Å²) < 4.78 is 5.23. The van der Waals surface area contributed by atoms with E-state index in [0.717, 1.165) is 16.8 Å². The Hall–Kier alpha value is -3.67. The minimum atomic E-state index is -0.425. The number of methoxy groups -OCH3 is 1. The summed E-state index contributed by atoms with van der Waals surface area (Å²) in [5.41, 5.74) is 3.61. The van der Waals surface area contributed by atoms with Crippen molar-refractivity contribution < 1.29 is 14.3 Å². The zero-order valence-corrected chi connectivity index (χ0v) is 15.9. The Morgan fingerprint density at radius 1 is 0.786 bits per heavy atom. The van der Waals surface area contributed by atoms with Crippen LogP contribution in [0.15, 0.2) is 60.7 Å². The number of anilines is 2. The molecule has 142 valence electrons. The number of hydrogen-bond acceptors (Lipinski definition) is 4. The van der Waals surface area contributed by atoms with Crippen LogP contribution in [0.5, 0.6) is 5.75 Å². The van der Waals surface area contributed by atoms with Crippen LogP contribution in [-0.4, -0.2) is 23.9 Å². The monoisotopic (exact) mass is 375 g/mol. The molecule has 0 unspecified atom stereocenters. The Bertz CT molecular complexity index is 1030. The van der Waals surface area contributed by atoms with E-state index in [9.17, 15) is 9.59 Å². The highest BCUT2D eigenvalue weighted by Gasteiger charge is 2.15. The van der Waals surface area contributed by atoms with Crippen LogP contribution in [0, 0.1) is 13.8 Å². The van der Waals surface area contributed by atoms with Crippen LogP contribution >= 0.6 is 0 Å². The van der Waals surface area contributed by atoms with Crippen molar-refractivity contribution in [3.05, 3.63) is 83.2 Å². The highest BCUT2D eigenvalue weighted by molar-refractivity contribution is 6.06. The van der Waals surface area contributed by atoms with Gasteiger partial charge in [0.1, 0.15) is 17.1 Å². The lowest BCUT2D eigenvalue weighted by Gasteiger charge is -2.11. The molecule has 2 N–H and O–H groups in total. The fourth-order valence-corrected chi connectivity index (χ4v) is 2.69. The first-order valence-electron chi connectivity index (χ1n) is 8.78. The number of carbonyl (C=O) groups excluding carboxylic acids is 2. The molecule has 2 amide bonds. The van der Waals surface area contributed by atoms with Gasteiger partial charge in [0.15, 0.2) is 0 Å². The second-order valence-electron chi connectivity index (χ2n) is 6.26. The van der Waals surface area contributed by atoms with Crippen LogP contribution in [-0.2, 0) is 0 Å². The van der Waals surface area contributed by atoms with Gasteiger partial charge in [0.2, 0.25) is 0 Å². The number of nitrogens with one attached hydrogen (secondary N) is 2. The molecule has 28 heavy (non-hydrogen) atoms. The van der Waals surface area contributed by atoms with Gasteiger partial charge in [-0.3, -0.25) is 9.59 Å². The van der Waals surface area contributed by atoms with Crippen molar-refractivity contribution in [3.63, 3.8) is 0 Å². The quantitative estimate of drug-likeness (QED) is 0.700. The van der Waals surface area contributed by atoms with Crippen LogP contribution in [0.3, 0.4) is 0 Å². The number of amides is 2. The maximum atomic E-state index is 12.6. The Morgan fingerprint density at radius 3 is 2.04 bits per heavy atom. The number of aryl methyl sites for hydroxylation is 1. The number of benzene rings is 2. The van der Waals surface area contributed by atoms with Crippen molar-refractivity contribution in [2.45, 2.75) is 13.8 Å². The molecular weight excluding hydrogens is 354 g/mol. The molecule has 2 aromatic carbocycles. The minimum Gasteiger partial charge on any atom is -0.495 e. The number of rotatable bonds is 5. The Balaban J connectivity index is 1.78. The van der Waals surface area contributed by atoms with Gasteiger partial charge in [0, 0.05) is 5.69 Å². The van der Waals surface area contributed by atoms with E-state index in [1.54, 1.807) is 36.4 Å². The molecule has 0 radical (unpaired) electrons. The summed E-state index contributed by atoms with van der Waals surface area (Å²) in [5, 5.41) is 5.60. The maximum absolute atomic E-state index is 12.6. The first kappa shape index (κ1) is 19.1. The van der Waals surface area contributed by atoms with Crippen molar-refractivity contribution in [2.75, 3.05) is 17.7 Å². The van der Waals surface area contributed by atoms with Gasteiger partial charge in [-0.15, -0.1) is 0 Å². The molecule has 0 saturated carbocycles. The third kappa shape index (κ3) is 4.17. The number of nitrogens with zero attached hydrogens (tertiary/aromatic N) is 1. The summed E-state index contributed by atoms with van der Waals surface area (Å²) in [7, 11) is 1.53. The molecule has 1 aromatic heterocycles. The molecular formula is C22H21N3O3. The third-order valence-electron chi connectivity index (χ3n) is 4.42. The fraction of sp³-hybridized carbons (Fsp3) is 0.136. The molecule has 6 heteroatoms. The first-order chi connectivity index (χ1) is 13.5. The summed E-state index contributed by atoms with van der Waals surface area (Å²) in [4.78, 5) is 29.3. The predicted molar refractivity (Wildman–Crippen MR) is 109 cm³/mol. The van der Waals surface area contributed by atoms with Gasteiger partial charge in [0.25, 0.3) is 11.8 Å². The normalized spacial score (nSPS) is 10.2. The predicted octanol–water partition coefficient (Wildman–Crippen LogP) is 4.21. The van der Waals surface area contributed by atoms with E-state index < -0.39 is 5.91 Å². The van der Waals surface area contributed by atoms with Crippen molar-refractivity contribution in [2.24, 2.45) is 0 Å². The smallest absolute Gasteiger partial charge is 0.274 e. The van der Waals surface area contributed by atoms with Crippen LogP contribution in [0.25, 0.3) is 0 Å². The van der Waals surface area contributed by atoms with Gasteiger partial charge in [-0.1, -0.05) is 30.3 Å². The van der Waals surface area contributed by atoms with Crippen molar-refractivity contribution >= 4 is 23.2 Å². The third-order valence-corrected chi connectivity index (χ3v) is 4.42. The van der Waals surface area contributed by atoms with Crippen molar-refractivity contribution in [1.29, 1.82) is 0 Å². The molecule has 0 spiro atoms. The Labute approximate surface area is 163 Å². The second kappa shape index (κ2) is 8.35. The van der Waals surface area contributed by atoms with Crippen LogP contribution < -0.4 is 15.4 Å². The molecule has 0 fully saturated rings. The average molecular weight is 375 g/mol. The number of hydrogen-bond donors (Lipinski definition) is 2. The van der Waals surface area contributed by atoms with E-state index in [1.807, 2.05) is 38.1 Å². The van der Waals surface area contributed by atoms with E-state index in [-0.39, 0.29) is 17.3 Å². The molecule has 0 saturated heterocycles. The molecule has 0 atom stereocenters. The Kier molecular flexibility index (Phi) is 5.69. The molecule has 6 nitrogen and oxygen atoms in total. The molecule has 0 aliphatic carbocycles. The number of carbonyl (C=O) groups is 2.